The van der Waals surface area contributed by atoms with E-state index in [0.29, 0.717) is 19.8 Å². The smallest absolute Gasteiger partial charge is 0.138 e. The van der Waals surface area contributed by atoms with Crippen LogP contribution in [0.15, 0.2) is 36.5 Å². The molecule has 0 atom stereocenters. The second-order valence-corrected chi connectivity index (χ2v) is 3.55. The summed E-state index contributed by atoms with van der Waals surface area (Å²) in [6.07, 6.45) is 1.70. The average molecular weight is 233 g/mol. The van der Waals surface area contributed by atoms with E-state index >= 15 is 0 Å². The molecule has 2 aromatic rings. The van der Waals surface area contributed by atoms with Crippen molar-refractivity contribution in [1.82, 2.24) is 4.98 Å². The Morgan fingerprint density at radius 3 is 2.88 bits per heavy atom. The molecule has 0 aliphatic rings. The van der Waals surface area contributed by atoms with Crippen molar-refractivity contribution in [3.05, 3.63) is 36.5 Å². The summed E-state index contributed by atoms with van der Waals surface area (Å²) >= 11 is 0. The molecular formula is C13H15NO3. The quantitative estimate of drug-likeness (QED) is 0.770. The van der Waals surface area contributed by atoms with Crippen molar-refractivity contribution in [2.24, 2.45) is 0 Å². The van der Waals surface area contributed by atoms with Gasteiger partial charge in [-0.3, -0.25) is 4.98 Å². The Hall–Kier alpha value is -1.65. The lowest BCUT2D eigenvalue weighted by molar-refractivity contribution is 0.0705. The second kappa shape index (κ2) is 6.18. The van der Waals surface area contributed by atoms with Crippen LogP contribution in [0, 0.1) is 0 Å². The molecule has 17 heavy (non-hydrogen) atoms. The summed E-state index contributed by atoms with van der Waals surface area (Å²) in [4.78, 5) is 4.29. The lowest BCUT2D eigenvalue weighted by Gasteiger charge is -2.06. The van der Waals surface area contributed by atoms with Crippen LogP contribution in [0.1, 0.15) is 0 Å². The van der Waals surface area contributed by atoms with E-state index in [9.17, 15) is 0 Å². The van der Waals surface area contributed by atoms with Crippen molar-refractivity contribution in [2.45, 2.75) is 0 Å². The number of ether oxygens (including phenoxy) is 2. The van der Waals surface area contributed by atoms with Gasteiger partial charge in [-0.05, 0) is 12.1 Å². The van der Waals surface area contributed by atoms with E-state index < -0.39 is 0 Å². The fourth-order valence-corrected chi connectivity index (χ4v) is 1.51. The average Bonchev–Trinajstić information content (AvgIpc) is 2.38. The molecule has 0 unspecified atom stereocenters. The molecule has 2 rings (SSSR count). The van der Waals surface area contributed by atoms with Crippen LogP contribution in [0.3, 0.4) is 0 Å². The second-order valence-electron chi connectivity index (χ2n) is 3.55. The van der Waals surface area contributed by atoms with E-state index in [1.807, 2.05) is 30.3 Å². The third-order valence-corrected chi connectivity index (χ3v) is 2.30. The molecule has 0 radical (unpaired) electrons. The van der Waals surface area contributed by atoms with Crippen molar-refractivity contribution in [2.75, 3.05) is 26.4 Å². The van der Waals surface area contributed by atoms with Crippen LogP contribution in [0.25, 0.3) is 10.9 Å². The minimum absolute atomic E-state index is 0.0392. The summed E-state index contributed by atoms with van der Waals surface area (Å²) < 4.78 is 10.6. The molecule has 0 saturated heterocycles. The van der Waals surface area contributed by atoms with Gasteiger partial charge in [0, 0.05) is 5.39 Å². The maximum Gasteiger partial charge on any atom is 0.138 e. The number of benzene rings is 1. The third-order valence-electron chi connectivity index (χ3n) is 2.30. The van der Waals surface area contributed by atoms with Gasteiger partial charge in [-0.1, -0.05) is 18.2 Å². The molecule has 1 heterocycles. The Kier molecular flexibility index (Phi) is 4.30. The predicted octanol–water partition coefficient (Wildman–Crippen LogP) is 1.62. The molecule has 1 N–H and O–H groups in total. The van der Waals surface area contributed by atoms with E-state index in [2.05, 4.69) is 4.98 Å². The van der Waals surface area contributed by atoms with E-state index in [4.69, 9.17) is 14.6 Å². The number of hydrogen-bond acceptors (Lipinski definition) is 4. The van der Waals surface area contributed by atoms with E-state index in [1.165, 1.54) is 0 Å². The highest BCUT2D eigenvalue weighted by Gasteiger charge is 1.98. The molecule has 0 spiro atoms. The molecule has 0 fully saturated rings. The van der Waals surface area contributed by atoms with Crippen LogP contribution in [-0.4, -0.2) is 36.5 Å². The summed E-state index contributed by atoms with van der Waals surface area (Å²) in [5, 5.41) is 9.58. The predicted molar refractivity (Wildman–Crippen MR) is 65.1 cm³/mol. The van der Waals surface area contributed by atoms with E-state index in [0.717, 1.165) is 16.7 Å². The lowest BCUT2D eigenvalue weighted by atomic mass is 10.2. The zero-order valence-corrected chi connectivity index (χ0v) is 9.50. The summed E-state index contributed by atoms with van der Waals surface area (Å²) in [5.74, 6) is 0.733. The number of fused-ring (bicyclic) bond motifs is 1. The fraction of sp³-hybridized carbons (Fsp3) is 0.308. The van der Waals surface area contributed by atoms with Crippen molar-refractivity contribution in [3.8, 4) is 5.75 Å². The first-order valence-electron chi connectivity index (χ1n) is 5.56. The first-order chi connectivity index (χ1) is 8.40. The van der Waals surface area contributed by atoms with Crippen LogP contribution in [-0.2, 0) is 4.74 Å². The SMILES string of the molecule is OCCOCCOc1cnc2ccccc2c1. The van der Waals surface area contributed by atoms with Gasteiger partial charge in [-0.25, -0.2) is 0 Å². The maximum atomic E-state index is 8.53. The van der Waals surface area contributed by atoms with Gasteiger partial charge in [-0.15, -0.1) is 0 Å². The lowest BCUT2D eigenvalue weighted by Crippen LogP contribution is -2.09. The van der Waals surface area contributed by atoms with Gasteiger partial charge in [0.15, 0.2) is 0 Å². The van der Waals surface area contributed by atoms with Crippen molar-refractivity contribution < 1.29 is 14.6 Å². The van der Waals surface area contributed by atoms with Gasteiger partial charge in [0.25, 0.3) is 0 Å². The minimum Gasteiger partial charge on any atom is -0.490 e. The van der Waals surface area contributed by atoms with E-state index in [-0.39, 0.29) is 6.61 Å². The topological polar surface area (TPSA) is 51.6 Å². The van der Waals surface area contributed by atoms with Gasteiger partial charge in [-0.2, -0.15) is 0 Å². The van der Waals surface area contributed by atoms with Crippen LogP contribution >= 0.6 is 0 Å². The molecule has 0 amide bonds. The monoisotopic (exact) mass is 233 g/mol. The van der Waals surface area contributed by atoms with Crippen LogP contribution in [0.5, 0.6) is 5.75 Å². The number of nitrogens with zero attached hydrogens (tertiary/aromatic N) is 1. The third kappa shape index (κ3) is 3.41. The Bertz CT molecular complexity index is 473. The van der Waals surface area contributed by atoms with Crippen molar-refractivity contribution in [3.63, 3.8) is 0 Å². The number of aliphatic hydroxyl groups is 1. The Morgan fingerprint density at radius 1 is 1.12 bits per heavy atom. The standard InChI is InChI=1S/C13H15NO3/c15-5-6-16-7-8-17-12-9-11-3-1-2-4-13(11)14-10-12/h1-4,9-10,15H,5-8H2. The van der Waals surface area contributed by atoms with Crippen LogP contribution in [0.4, 0.5) is 0 Å². The normalized spacial score (nSPS) is 10.6. The summed E-state index contributed by atoms with van der Waals surface area (Å²) in [6.45, 7) is 1.31. The maximum absolute atomic E-state index is 8.53. The first kappa shape index (κ1) is 11.8. The highest BCUT2D eigenvalue weighted by molar-refractivity contribution is 5.79. The van der Waals surface area contributed by atoms with Crippen LogP contribution in [0.2, 0.25) is 0 Å². The van der Waals surface area contributed by atoms with Gasteiger partial charge in [0.05, 0.1) is 31.5 Å². The molecule has 0 aliphatic heterocycles. The summed E-state index contributed by atoms with van der Waals surface area (Å²) in [5.41, 5.74) is 0.955. The Balaban J connectivity index is 1.90. The molecule has 0 bridgehead atoms. The van der Waals surface area contributed by atoms with Gasteiger partial charge >= 0.3 is 0 Å². The number of para-hydroxylation sites is 1. The number of aliphatic hydroxyl groups excluding tert-OH is 1. The molecule has 4 nitrogen and oxygen atoms in total. The zero-order chi connectivity index (χ0) is 11.9. The molecule has 0 saturated carbocycles. The minimum atomic E-state index is 0.0392. The van der Waals surface area contributed by atoms with Gasteiger partial charge in [0.1, 0.15) is 12.4 Å². The number of hydrogen-bond donors (Lipinski definition) is 1. The molecule has 0 aliphatic carbocycles. The highest BCUT2D eigenvalue weighted by atomic mass is 16.5. The fourth-order valence-electron chi connectivity index (χ4n) is 1.51. The van der Waals surface area contributed by atoms with Crippen LogP contribution < -0.4 is 4.74 Å². The van der Waals surface area contributed by atoms with Gasteiger partial charge in [0.2, 0.25) is 0 Å². The van der Waals surface area contributed by atoms with Crippen molar-refractivity contribution in [1.29, 1.82) is 0 Å². The highest BCUT2D eigenvalue weighted by Crippen LogP contribution is 2.17. The Morgan fingerprint density at radius 2 is 2.00 bits per heavy atom. The Labute approximate surface area is 99.8 Å². The molecule has 4 heteroatoms. The number of pyridine rings is 1. The summed E-state index contributed by atoms with van der Waals surface area (Å²) in [6, 6.07) is 9.84. The van der Waals surface area contributed by atoms with E-state index in [1.54, 1.807) is 6.20 Å². The number of aromatic nitrogens is 1. The number of rotatable bonds is 6. The molecular weight excluding hydrogens is 218 g/mol. The zero-order valence-electron chi connectivity index (χ0n) is 9.50. The van der Waals surface area contributed by atoms with Gasteiger partial charge < -0.3 is 14.6 Å². The van der Waals surface area contributed by atoms with Crippen molar-refractivity contribution >= 4 is 10.9 Å². The first-order valence-corrected chi connectivity index (χ1v) is 5.56. The molecule has 1 aromatic heterocycles. The molecule has 90 valence electrons. The molecule has 1 aromatic carbocycles. The largest absolute Gasteiger partial charge is 0.490 e. The summed E-state index contributed by atoms with van der Waals surface area (Å²) in [7, 11) is 0.